The minimum absolute atomic E-state index is 0.285. The number of benzene rings is 2. The number of hydrogen-bond donors (Lipinski definition) is 2. The Morgan fingerprint density at radius 3 is 2.79 bits per heavy atom. The lowest BCUT2D eigenvalue weighted by atomic mass is 10.2. The van der Waals surface area contributed by atoms with Crippen LogP contribution in [0.2, 0.25) is 5.02 Å². The fourth-order valence-corrected chi connectivity index (χ4v) is 2.85. The molecule has 0 aliphatic rings. The van der Waals surface area contributed by atoms with E-state index in [0.717, 1.165) is 36.2 Å². The summed E-state index contributed by atoms with van der Waals surface area (Å²) in [6, 6.07) is 11.9. The highest BCUT2D eigenvalue weighted by Crippen LogP contribution is 2.22. The Morgan fingerprint density at radius 1 is 1.18 bits per heavy atom. The summed E-state index contributed by atoms with van der Waals surface area (Å²) in [5.74, 6) is 0.725. The van der Waals surface area contributed by atoms with E-state index in [2.05, 4.69) is 30.7 Å². The van der Waals surface area contributed by atoms with E-state index in [1.807, 2.05) is 38.4 Å². The number of fused-ring (bicyclic) bond motifs is 1. The summed E-state index contributed by atoms with van der Waals surface area (Å²) in [5, 5.41) is 8.74. The summed E-state index contributed by atoms with van der Waals surface area (Å²) < 4.78 is 13.1. The minimum Gasteiger partial charge on any atom is -0.369 e. The molecular weight excluding hydrogens is 379 g/mol. The quantitative estimate of drug-likeness (QED) is 0.336. The van der Waals surface area contributed by atoms with Crippen molar-refractivity contribution >= 4 is 40.5 Å². The van der Waals surface area contributed by atoms with Gasteiger partial charge >= 0.3 is 0 Å². The van der Waals surface area contributed by atoms with Gasteiger partial charge in [0.2, 0.25) is 5.95 Å². The summed E-state index contributed by atoms with van der Waals surface area (Å²) in [6.07, 6.45) is 2.50. The van der Waals surface area contributed by atoms with E-state index in [9.17, 15) is 4.39 Å². The van der Waals surface area contributed by atoms with Crippen LogP contribution in [0.15, 0.2) is 47.6 Å². The number of anilines is 2. The highest BCUT2D eigenvalue weighted by Gasteiger charge is 2.07. The van der Waals surface area contributed by atoms with Crippen LogP contribution in [-0.2, 0) is 0 Å². The van der Waals surface area contributed by atoms with Gasteiger partial charge in [-0.25, -0.2) is 14.8 Å². The monoisotopic (exact) mass is 400 g/mol. The lowest BCUT2D eigenvalue weighted by molar-refractivity contribution is 0.405. The number of aromatic nitrogens is 2. The van der Waals surface area contributed by atoms with Gasteiger partial charge in [0.1, 0.15) is 11.6 Å². The van der Waals surface area contributed by atoms with Crippen LogP contribution in [0.25, 0.3) is 10.9 Å². The van der Waals surface area contributed by atoms with Gasteiger partial charge < -0.3 is 10.2 Å². The zero-order valence-electron chi connectivity index (χ0n) is 15.8. The molecule has 0 saturated carbocycles. The Labute approximate surface area is 168 Å². The van der Waals surface area contributed by atoms with Crippen LogP contribution in [0.5, 0.6) is 0 Å². The van der Waals surface area contributed by atoms with Crippen LogP contribution < -0.4 is 10.7 Å². The Balaban J connectivity index is 1.76. The maximum atomic E-state index is 13.1. The van der Waals surface area contributed by atoms with Crippen molar-refractivity contribution in [2.45, 2.75) is 6.42 Å². The lowest BCUT2D eigenvalue weighted by Crippen LogP contribution is -2.17. The van der Waals surface area contributed by atoms with Gasteiger partial charge in [0, 0.05) is 17.5 Å². The molecule has 6 nitrogen and oxygen atoms in total. The summed E-state index contributed by atoms with van der Waals surface area (Å²) in [6.45, 7) is 1.79. The van der Waals surface area contributed by atoms with Crippen molar-refractivity contribution in [1.82, 2.24) is 14.9 Å². The maximum Gasteiger partial charge on any atom is 0.246 e. The van der Waals surface area contributed by atoms with Gasteiger partial charge in [0.05, 0.1) is 16.8 Å². The molecule has 3 rings (SSSR count). The third-order valence-electron chi connectivity index (χ3n) is 4.01. The highest BCUT2D eigenvalue weighted by atomic mass is 35.5. The average Bonchev–Trinajstić information content (AvgIpc) is 2.66. The van der Waals surface area contributed by atoms with Gasteiger partial charge in [-0.2, -0.15) is 10.1 Å². The zero-order valence-corrected chi connectivity index (χ0v) is 16.5. The van der Waals surface area contributed by atoms with Crippen LogP contribution in [0.4, 0.5) is 16.2 Å². The Bertz CT molecular complexity index is 976. The average molecular weight is 401 g/mol. The van der Waals surface area contributed by atoms with E-state index in [1.54, 1.807) is 6.07 Å². The van der Waals surface area contributed by atoms with Gasteiger partial charge in [0.25, 0.3) is 0 Å². The molecule has 0 fully saturated rings. The Hall–Kier alpha value is -2.77. The summed E-state index contributed by atoms with van der Waals surface area (Å²) in [7, 11) is 4.10. The molecule has 8 heteroatoms. The molecule has 0 saturated heterocycles. The predicted octanol–water partition coefficient (Wildman–Crippen LogP) is 4.23. The van der Waals surface area contributed by atoms with E-state index in [-0.39, 0.29) is 5.02 Å². The molecule has 2 N–H and O–H groups in total. The van der Waals surface area contributed by atoms with Crippen molar-refractivity contribution < 1.29 is 4.39 Å². The van der Waals surface area contributed by atoms with E-state index in [1.165, 1.54) is 18.3 Å². The molecule has 0 aliphatic heterocycles. The fourth-order valence-electron chi connectivity index (χ4n) is 2.63. The van der Waals surface area contributed by atoms with Crippen molar-refractivity contribution in [1.29, 1.82) is 0 Å². The molecule has 0 unspecified atom stereocenters. The first kappa shape index (κ1) is 20.0. The molecule has 2 aromatic carbocycles. The van der Waals surface area contributed by atoms with Gasteiger partial charge in [0.15, 0.2) is 0 Å². The molecule has 1 aromatic heterocycles. The van der Waals surface area contributed by atoms with Gasteiger partial charge in [-0.1, -0.05) is 23.7 Å². The van der Waals surface area contributed by atoms with E-state index in [0.29, 0.717) is 11.5 Å². The molecule has 0 bridgehead atoms. The number of para-hydroxylation sites is 1. The van der Waals surface area contributed by atoms with Crippen molar-refractivity contribution in [3.8, 4) is 0 Å². The van der Waals surface area contributed by atoms with E-state index < -0.39 is 5.82 Å². The van der Waals surface area contributed by atoms with Crippen molar-refractivity contribution in [3.63, 3.8) is 0 Å². The molecule has 3 aromatic rings. The maximum absolute atomic E-state index is 13.1. The minimum atomic E-state index is -0.391. The van der Waals surface area contributed by atoms with Gasteiger partial charge in [-0.05, 0) is 57.4 Å². The Morgan fingerprint density at radius 2 is 2.00 bits per heavy atom. The predicted molar refractivity (Wildman–Crippen MR) is 114 cm³/mol. The smallest absolute Gasteiger partial charge is 0.246 e. The second-order valence-electron chi connectivity index (χ2n) is 6.53. The fraction of sp³-hybridized carbons (Fsp3) is 0.250. The molecule has 0 radical (unpaired) electrons. The molecule has 28 heavy (non-hydrogen) atoms. The third kappa shape index (κ3) is 5.37. The number of halogens is 2. The van der Waals surface area contributed by atoms with Crippen molar-refractivity contribution in [3.05, 3.63) is 58.9 Å². The number of nitrogens with one attached hydrogen (secondary N) is 2. The van der Waals surface area contributed by atoms with E-state index >= 15 is 0 Å². The first-order valence-electron chi connectivity index (χ1n) is 8.92. The SMILES string of the molecule is CN(C)CCCNc1nc(N/N=C/c2ccc(F)cc2Cl)nc2ccccc12. The number of hydrazone groups is 1. The lowest BCUT2D eigenvalue weighted by Gasteiger charge is -2.12. The van der Waals surface area contributed by atoms with Crippen LogP contribution in [-0.4, -0.2) is 48.3 Å². The molecule has 0 aliphatic carbocycles. The molecule has 1 heterocycles. The number of nitrogens with zero attached hydrogens (tertiary/aromatic N) is 4. The normalized spacial score (nSPS) is 11.5. The molecule has 146 valence electrons. The van der Waals surface area contributed by atoms with Crippen LogP contribution in [0.1, 0.15) is 12.0 Å². The van der Waals surface area contributed by atoms with Crippen LogP contribution in [0, 0.1) is 5.82 Å². The van der Waals surface area contributed by atoms with Crippen LogP contribution in [0.3, 0.4) is 0 Å². The Kier molecular flexibility index (Phi) is 6.73. The summed E-state index contributed by atoms with van der Waals surface area (Å²) in [4.78, 5) is 11.2. The number of hydrogen-bond acceptors (Lipinski definition) is 6. The van der Waals surface area contributed by atoms with Crippen molar-refractivity contribution in [2.75, 3.05) is 37.9 Å². The second kappa shape index (κ2) is 9.43. The first-order valence-corrected chi connectivity index (χ1v) is 9.30. The molecular formula is C20H22ClFN6. The van der Waals surface area contributed by atoms with Gasteiger partial charge in [-0.3, -0.25) is 0 Å². The first-order chi connectivity index (χ1) is 13.5. The molecule has 0 spiro atoms. The molecule has 0 atom stereocenters. The van der Waals surface area contributed by atoms with Crippen molar-refractivity contribution in [2.24, 2.45) is 5.10 Å². The van der Waals surface area contributed by atoms with E-state index in [4.69, 9.17) is 11.6 Å². The standard InChI is InChI=1S/C20H22ClFN6/c1-28(2)11-5-10-23-19-16-6-3-4-7-18(16)25-20(26-19)27-24-13-14-8-9-15(22)12-17(14)21/h3-4,6-9,12-13H,5,10-11H2,1-2H3,(H2,23,25,26,27)/b24-13+. The van der Waals surface area contributed by atoms with Gasteiger partial charge in [-0.15, -0.1) is 0 Å². The van der Waals surface area contributed by atoms with Crippen LogP contribution >= 0.6 is 11.6 Å². The zero-order chi connectivity index (χ0) is 19.9. The summed E-state index contributed by atoms with van der Waals surface area (Å²) in [5.41, 5.74) is 4.23. The second-order valence-corrected chi connectivity index (χ2v) is 6.94. The largest absolute Gasteiger partial charge is 0.369 e. The topological polar surface area (TPSA) is 65.4 Å². The number of rotatable bonds is 8. The molecule has 0 amide bonds. The highest BCUT2D eigenvalue weighted by molar-refractivity contribution is 6.33. The third-order valence-corrected chi connectivity index (χ3v) is 4.34. The summed E-state index contributed by atoms with van der Waals surface area (Å²) >= 11 is 6.00.